The molecule has 0 aliphatic carbocycles. The maximum atomic E-state index is 5.56. The van der Waals surface area contributed by atoms with Crippen LogP contribution in [0.1, 0.15) is 20.3 Å². The fourth-order valence-corrected chi connectivity index (χ4v) is 1.07. The second kappa shape index (κ2) is 3.62. The Morgan fingerprint density at radius 1 is 1.55 bits per heavy atom. The van der Waals surface area contributed by atoms with Crippen molar-refractivity contribution in [3.8, 4) is 0 Å². The quantitative estimate of drug-likeness (QED) is 0.575. The average Bonchev–Trinajstić information content (AvgIpc) is 2.39. The minimum absolute atomic E-state index is 0.327. The first kappa shape index (κ1) is 8.40. The van der Waals surface area contributed by atoms with Crippen molar-refractivity contribution in [1.82, 2.24) is 5.32 Å². The summed E-state index contributed by atoms with van der Waals surface area (Å²) in [5, 5.41) is 3.23. The SMILES string of the molecule is C/C(N)=C(\C)OC1CCNC1. The van der Waals surface area contributed by atoms with Gasteiger partial charge in [0.25, 0.3) is 0 Å². The topological polar surface area (TPSA) is 47.3 Å². The predicted octanol–water partition coefficient (Wildman–Crippen LogP) is 0.575. The molecule has 1 aliphatic rings. The van der Waals surface area contributed by atoms with Crippen molar-refractivity contribution in [2.75, 3.05) is 13.1 Å². The summed E-state index contributed by atoms with van der Waals surface area (Å²) < 4.78 is 5.56. The second-order valence-corrected chi connectivity index (χ2v) is 2.97. The van der Waals surface area contributed by atoms with Crippen LogP contribution in [0, 0.1) is 0 Å². The first-order chi connectivity index (χ1) is 5.20. The third-order valence-electron chi connectivity index (χ3n) is 1.91. The van der Waals surface area contributed by atoms with Crippen LogP contribution in [0.2, 0.25) is 0 Å². The summed E-state index contributed by atoms with van der Waals surface area (Å²) in [6.07, 6.45) is 1.42. The largest absolute Gasteiger partial charge is 0.492 e. The minimum atomic E-state index is 0.327. The van der Waals surface area contributed by atoms with Gasteiger partial charge in [0.05, 0.1) is 0 Å². The van der Waals surface area contributed by atoms with E-state index >= 15 is 0 Å². The summed E-state index contributed by atoms with van der Waals surface area (Å²) in [4.78, 5) is 0. The van der Waals surface area contributed by atoms with Gasteiger partial charge in [-0.2, -0.15) is 0 Å². The molecule has 1 aliphatic heterocycles. The Labute approximate surface area is 67.6 Å². The van der Waals surface area contributed by atoms with Crippen molar-refractivity contribution in [3.05, 3.63) is 11.5 Å². The highest BCUT2D eigenvalue weighted by molar-refractivity contribution is 4.98. The molecule has 1 unspecified atom stereocenters. The van der Waals surface area contributed by atoms with Gasteiger partial charge in [0.2, 0.25) is 0 Å². The van der Waals surface area contributed by atoms with Crippen LogP contribution in [0.5, 0.6) is 0 Å². The molecule has 0 radical (unpaired) electrons. The lowest BCUT2D eigenvalue weighted by molar-refractivity contribution is 0.131. The Bertz CT molecular complexity index is 155. The molecule has 0 spiro atoms. The van der Waals surface area contributed by atoms with Crippen LogP contribution in [0.15, 0.2) is 11.5 Å². The highest BCUT2D eigenvalue weighted by Gasteiger charge is 2.15. The highest BCUT2D eigenvalue weighted by atomic mass is 16.5. The number of rotatable bonds is 2. The summed E-state index contributed by atoms with van der Waals surface area (Å²) in [7, 11) is 0. The predicted molar refractivity (Wildman–Crippen MR) is 44.9 cm³/mol. The highest BCUT2D eigenvalue weighted by Crippen LogP contribution is 2.09. The molecule has 1 atom stereocenters. The molecule has 3 heteroatoms. The van der Waals surface area contributed by atoms with Crippen LogP contribution in [-0.2, 0) is 4.74 Å². The fraction of sp³-hybridized carbons (Fsp3) is 0.750. The number of ether oxygens (including phenoxy) is 1. The third kappa shape index (κ3) is 2.42. The lowest BCUT2D eigenvalue weighted by atomic mass is 10.3. The monoisotopic (exact) mass is 156 g/mol. The zero-order valence-corrected chi connectivity index (χ0v) is 7.18. The van der Waals surface area contributed by atoms with Gasteiger partial charge in [-0.25, -0.2) is 0 Å². The van der Waals surface area contributed by atoms with Gasteiger partial charge >= 0.3 is 0 Å². The summed E-state index contributed by atoms with van der Waals surface area (Å²) in [5.41, 5.74) is 6.32. The Hall–Kier alpha value is -0.700. The van der Waals surface area contributed by atoms with Gasteiger partial charge in [-0.15, -0.1) is 0 Å². The molecule has 64 valence electrons. The summed E-state index contributed by atoms with van der Waals surface area (Å²) in [5.74, 6) is 0.860. The molecule has 1 rings (SSSR count). The van der Waals surface area contributed by atoms with Crippen LogP contribution in [0.4, 0.5) is 0 Å². The van der Waals surface area contributed by atoms with Crippen LogP contribution in [0.25, 0.3) is 0 Å². The average molecular weight is 156 g/mol. The van der Waals surface area contributed by atoms with Crippen LogP contribution >= 0.6 is 0 Å². The third-order valence-corrected chi connectivity index (χ3v) is 1.91. The van der Waals surface area contributed by atoms with Gasteiger partial charge in [0, 0.05) is 12.2 Å². The second-order valence-electron chi connectivity index (χ2n) is 2.97. The summed E-state index contributed by atoms with van der Waals surface area (Å²) in [6, 6.07) is 0. The van der Waals surface area contributed by atoms with E-state index in [4.69, 9.17) is 10.5 Å². The Kier molecular flexibility index (Phi) is 2.76. The van der Waals surface area contributed by atoms with E-state index in [0.29, 0.717) is 6.10 Å². The number of hydrogen-bond acceptors (Lipinski definition) is 3. The molecule has 3 nitrogen and oxygen atoms in total. The minimum Gasteiger partial charge on any atom is -0.492 e. The number of nitrogens with one attached hydrogen (secondary N) is 1. The molecule has 1 saturated heterocycles. The van der Waals surface area contributed by atoms with Crippen LogP contribution < -0.4 is 11.1 Å². The zero-order valence-electron chi connectivity index (χ0n) is 7.18. The van der Waals surface area contributed by atoms with Crippen LogP contribution in [0.3, 0.4) is 0 Å². The number of allylic oxidation sites excluding steroid dienone is 2. The fourth-order valence-electron chi connectivity index (χ4n) is 1.07. The van der Waals surface area contributed by atoms with E-state index in [2.05, 4.69) is 5.32 Å². The summed E-state index contributed by atoms with van der Waals surface area (Å²) >= 11 is 0. The molecule has 1 fully saturated rings. The van der Waals surface area contributed by atoms with Crippen molar-refractivity contribution in [2.45, 2.75) is 26.4 Å². The lowest BCUT2D eigenvalue weighted by Crippen LogP contribution is -2.17. The molecule has 1 heterocycles. The van der Waals surface area contributed by atoms with E-state index in [9.17, 15) is 0 Å². The molecular formula is C8H16N2O. The molecule has 3 N–H and O–H groups in total. The van der Waals surface area contributed by atoms with E-state index in [0.717, 1.165) is 31.0 Å². The Morgan fingerprint density at radius 3 is 2.73 bits per heavy atom. The molecule has 0 bridgehead atoms. The standard InChI is InChI=1S/C8H16N2O/c1-6(9)7(2)11-8-3-4-10-5-8/h8,10H,3-5,9H2,1-2H3/b7-6-. The molecule has 0 aromatic heterocycles. The maximum Gasteiger partial charge on any atom is 0.112 e. The van der Waals surface area contributed by atoms with E-state index < -0.39 is 0 Å². The van der Waals surface area contributed by atoms with E-state index in [1.54, 1.807) is 0 Å². The van der Waals surface area contributed by atoms with Gasteiger partial charge in [-0.1, -0.05) is 0 Å². The molecular weight excluding hydrogens is 140 g/mol. The van der Waals surface area contributed by atoms with E-state index in [1.165, 1.54) is 0 Å². The Balaban J connectivity index is 2.35. The van der Waals surface area contributed by atoms with E-state index in [1.807, 2.05) is 13.8 Å². The van der Waals surface area contributed by atoms with E-state index in [-0.39, 0.29) is 0 Å². The molecule has 0 aromatic rings. The zero-order chi connectivity index (χ0) is 8.27. The smallest absolute Gasteiger partial charge is 0.112 e. The number of hydrogen-bond donors (Lipinski definition) is 2. The Morgan fingerprint density at radius 2 is 2.27 bits per heavy atom. The molecule has 0 aromatic carbocycles. The summed E-state index contributed by atoms with van der Waals surface area (Å²) in [6.45, 7) is 5.78. The van der Waals surface area contributed by atoms with Gasteiger partial charge in [0.15, 0.2) is 0 Å². The van der Waals surface area contributed by atoms with Crippen molar-refractivity contribution >= 4 is 0 Å². The first-order valence-corrected chi connectivity index (χ1v) is 4.00. The number of nitrogens with two attached hydrogens (primary N) is 1. The van der Waals surface area contributed by atoms with Crippen molar-refractivity contribution in [1.29, 1.82) is 0 Å². The van der Waals surface area contributed by atoms with Gasteiger partial charge in [-0.05, 0) is 26.8 Å². The molecule has 0 saturated carbocycles. The normalized spacial score (nSPS) is 26.5. The van der Waals surface area contributed by atoms with Crippen molar-refractivity contribution < 1.29 is 4.74 Å². The first-order valence-electron chi connectivity index (χ1n) is 4.00. The van der Waals surface area contributed by atoms with Gasteiger partial charge in [-0.3, -0.25) is 0 Å². The maximum absolute atomic E-state index is 5.56. The van der Waals surface area contributed by atoms with Crippen molar-refractivity contribution in [2.24, 2.45) is 5.73 Å². The lowest BCUT2D eigenvalue weighted by Gasteiger charge is -2.13. The van der Waals surface area contributed by atoms with Crippen LogP contribution in [-0.4, -0.2) is 19.2 Å². The molecule has 0 amide bonds. The molecule has 11 heavy (non-hydrogen) atoms. The van der Waals surface area contributed by atoms with Gasteiger partial charge in [0.1, 0.15) is 11.9 Å². The van der Waals surface area contributed by atoms with Crippen molar-refractivity contribution in [3.63, 3.8) is 0 Å². The van der Waals surface area contributed by atoms with Gasteiger partial charge < -0.3 is 15.8 Å².